The average molecular weight is 313 g/mol. The van der Waals surface area contributed by atoms with E-state index in [1.807, 2.05) is 0 Å². The molecule has 0 aliphatic carbocycles. The second-order valence-corrected chi connectivity index (χ2v) is 4.22. The molecule has 0 bridgehead atoms. The highest BCUT2D eigenvalue weighted by Crippen LogP contribution is 2.38. The Kier molecular flexibility index (Phi) is 3.99. The summed E-state index contributed by atoms with van der Waals surface area (Å²) < 4.78 is 18.8. The zero-order chi connectivity index (χ0) is 15.6. The fourth-order valence-electron chi connectivity index (χ4n) is 1.56. The van der Waals surface area contributed by atoms with Gasteiger partial charge < -0.3 is 4.74 Å². The lowest BCUT2D eigenvalue weighted by Crippen LogP contribution is -1.96. The van der Waals surface area contributed by atoms with E-state index >= 15 is 0 Å². The predicted octanol–water partition coefficient (Wildman–Crippen LogP) is 4.09. The lowest BCUT2D eigenvalue weighted by Gasteiger charge is -2.07. The summed E-state index contributed by atoms with van der Waals surface area (Å²) in [6.07, 6.45) is 0. The van der Waals surface area contributed by atoms with E-state index in [0.29, 0.717) is 6.07 Å². The third-order valence-corrected chi connectivity index (χ3v) is 2.78. The van der Waals surface area contributed by atoms with Gasteiger partial charge in [-0.1, -0.05) is 17.7 Å². The van der Waals surface area contributed by atoms with Crippen molar-refractivity contribution in [3.63, 3.8) is 0 Å². The van der Waals surface area contributed by atoms with Crippen molar-refractivity contribution in [2.24, 2.45) is 0 Å². The van der Waals surface area contributed by atoms with Crippen molar-refractivity contribution >= 4 is 23.0 Å². The molecule has 0 spiro atoms. The van der Waals surface area contributed by atoms with E-state index in [0.717, 1.165) is 12.1 Å². The highest BCUT2D eigenvalue weighted by molar-refractivity contribution is 6.32. The van der Waals surface area contributed by atoms with Gasteiger partial charge in [-0.25, -0.2) is 4.39 Å². The second kappa shape index (κ2) is 5.71. The Labute approximate surface area is 121 Å². The Morgan fingerprint density at radius 1 is 1.05 bits per heavy atom. The summed E-state index contributed by atoms with van der Waals surface area (Å²) in [5, 5.41) is 21.3. The Morgan fingerprint density at radius 2 is 1.76 bits per heavy atom. The molecule has 0 aliphatic rings. The number of nitro groups is 2. The molecule has 7 nitrogen and oxygen atoms in total. The third kappa shape index (κ3) is 3.06. The number of ether oxygens (including phenoxy) is 1. The van der Waals surface area contributed by atoms with E-state index in [9.17, 15) is 24.6 Å². The van der Waals surface area contributed by atoms with Crippen molar-refractivity contribution in [3.8, 4) is 11.5 Å². The standard InChI is InChI=1S/C12H6ClFN2O5/c13-8-2-1-3-11(12(8)16(19)20)21-10-5-4-7(15(17)18)6-9(10)14/h1-6H. The smallest absolute Gasteiger partial charge is 0.329 e. The fourth-order valence-corrected chi connectivity index (χ4v) is 1.79. The molecule has 9 heteroatoms. The van der Waals surface area contributed by atoms with Crippen molar-refractivity contribution in [2.45, 2.75) is 0 Å². The van der Waals surface area contributed by atoms with Crippen LogP contribution in [0.1, 0.15) is 0 Å². The van der Waals surface area contributed by atoms with Gasteiger partial charge in [-0.15, -0.1) is 0 Å². The van der Waals surface area contributed by atoms with Gasteiger partial charge in [0.15, 0.2) is 11.6 Å². The molecule has 0 radical (unpaired) electrons. The van der Waals surface area contributed by atoms with E-state index in [4.69, 9.17) is 16.3 Å². The largest absolute Gasteiger partial charge is 0.447 e. The van der Waals surface area contributed by atoms with Crippen LogP contribution in [0.25, 0.3) is 0 Å². The van der Waals surface area contributed by atoms with Crippen LogP contribution in [-0.4, -0.2) is 9.85 Å². The van der Waals surface area contributed by atoms with Crippen LogP contribution in [0.2, 0.25) is 5.02 Å². The summed E-state index contributed by atoms with van der Waals surface area (Å²) in [5.74, 6) is -1.66. The molecule has 0 unspecified atom stereocenters. The molecule has 2 aromatic carbocycles. The van der Waals surface area contributed by atoms with Gasteiger partial charge in [0.25, 0.3) is 5.69 Å². The predicted molar refractivity (Wildman–Crippen MR) is 71.2 cm³/mol. The summed E-state index contributed by atoms with van der Waals surface area (Å²) in [6, 6.07) is 6.62. The number of rotatable bonds is 4. The normalized spacial score (nSPS) is 10.2. The molecule has 0 aliphatic heterocycles. The molecule has 0 atom stereocenters. The third-order valence-electron chi connectivity index (χ3n) is 2.48. The molecule has 2 rings (SSSR count). The number of halogens is 2. The van der Waals surface area contributed by atoms with Crippen molar-refractivity contribution in [1.82, 2.24) is 0 Å². The molecule has 0 saturated heterocycles. The zero-order valence-corrected chi connectivity index (χ0v) is 10.9. The van der Waals surface area contributed by atoms with Crippen LogP contribution in [-0.2, 0) is 0 Å². The van der Waals surface area contributed by atoms with Gasteiger partial charge in [-0.3, -0.25) is 20.2 Å². The SMILES string of the molecule is O=[N+]([O-])c1ccc(Oc2cccc(Cl)c2[N+](=O)[O-])c(F)c1. The van der Waals surface area contributed by atoms with E-state index in [1.165, 1.54) is 18.2 Å². The molecule has 0 N–H and O–H groups in total. The van der Waals surface area contributed by atoms with Crippen molar-refractivity contribution in [3.05, 3.63) is 67.5 Å². The first-order valence-electron chi connectivity index (χ1n) is 5.45. The van der Waals surface area contributed by atoms with Gasteiger partial charge in [-0.2, -0.15) is 0 Å². The molecule has 21 heavy (non-hydrogen) atoms. The highest BCUT2D eigenvalue weighted by Gasteiger charge is 2.22. The minimum atomic E-state index is -1.02. The summed E-state index contributed by atoms with van der Waals surface area (Å²) >= 11 is 5.69. The number of hydrogen-bond acceptors (Lipinski definition) is 5. The zero-order valence-electron chi connectivity index (χ0n) is 10.2. The Bertz CT molecular complexity index is 738. The minimum Gasteiger partial charge on any atom is -0.447 e. The second-order valence-electron chi connectivity index (χ2n) is 3.82. The first kappa shape index (κ1) is 14.7. The number of hydrogen-bond donors (Lipinski definition) is 0. The molecule has 0 heterocycles. The van der Waals surface area contributed by atoms with Gasteiger partial charge >= 0.3 is 5.69 Å². The Balaban J connectivity index is 2.42. The van der Waals surface area contributed by atoms with E-state index in [1.54, 1.807) is 0 Å². The Morgan fingerprint density at radius 3 is 2.33 bits per heavy atom. The quantitative estimate of drug-likeness (QED) is 0.626. The molecule has 0 saturated carbocycles. The summed E-state index contributed by atoms with van der Waals surface area (Å²) in [6.45, 7) is 0. The maximum absolute atomic E-state index is 13.7. The maximum atomic E-state index is 13.7. The Hall–Kier alpha value is -2.74. The molecular weight excluding hydrogens is 307 g/mol. The van der Waals surface area contributed by atoms with Crippen LogP contribution in [0.4, 0.5) is 15.8 Å². The summed E-state index contributed by atoms with van der Waals surface area (Å²) in [4.78, 5) is 19.9. The van der Waals surface area contributed by atoms with Crippen LogP contribution < -0.4 is 4.74 Å². The molecule has 0 amide bonds. The monoisotopic (exact) mass is 312 g/mol. The van der Waals surface area contributed by atoms with Gasteiger partial charge in [0.05, 0.1) is 15.9 Å². The molecular formula is C12H6ClFN2O5. The average Bonchev–Trinajstić information content (AvgIpc) is 2.40. The molecule has 0 fully saturated rings. The lowest BCUT2D eigenvalue weighted by molar-refractivity contribution is -0.385. The highest BCUT2D eigenvalue weighted by atomic mass is 35.5. The van der Waals surface area contributed by atoms with Crippen molar-refractivity contribution in [1.29, 1.82) is 0 Å². The number of benzene rings is 2. The molecule has 0 aromatic heterocycles. The van der Waals surface area contributed by atoms with Gasteiger partial charge in [0, 0.05) is 6.07 Å². The number of nitro benzene ring substituents is 2. The number of para-hydroxylation sites is 1. The first-order chi connectivity index (χ1) is 9.90. The van der Waals surface area contributed by atoms with Crippen LogP contribution in [0, 0.1) is 26.0 Å². The number of nitrogens with zero attached hydrogens (tertiary/aromatic N) is 2. The molecule has 2 aromatic rings. The minimum absolute atomic E-state index is 0.167. The van der Waals surface area contributed by atoms with Crippen LogP contribution in [0.5, 0.6) is 11.5 Å². The van der Waals surface area contributed by atoms with Crippen molar-refractivity contribution < 1.29 is 19.0 Å². The fraction of sp³-hybridized carbons (Fsp3) is 0. The van der Waals surface area contributed by atoms with E-state index in [-0.39, 0.29) is 16.5 Å². The maximum Gasteiger partial charge on any atom is 0.329 e. The van der Waals surface area contributed by atoms with Gasteiger partial charge in [0.2, 0.25) is 5.75 Å². The summed E-state index contributed by atoms with van der Waals surface area (Å²) in [5.41, 5.74) is -0.975. The van der Waals surface area contributed by atoms with Crippen molar-refractivity contribution in [2.75, 3.05) is 0 Å². The number of non-ortho nitro benzene ring substituents is 1. The van der Waals surface area contributed by atoms with E-state index in [2.05, 4.69) is 0 Å². The van der Waals surface area contributed by atoms with E-state index < -0.39 is 27.0 Å². The lowest BCUT2D eigenvalue weighted by atomic mass is 10.2. The first-order valence-corrected chi connectivity index (χ1v) is 5.82. The summed E-state index contributed by atoms with van der Waals surface area (Å²) in [7, 11) is 0. The van der Waals surface area contributed by atoms with Crippen LogP contribution >= 0.6 is 11.6 Å². The van der Waals surface area contributed by atoms with Gasteiger partial charge in [0.1, 0.15) is 5.02 Å². The van der Waals surface area contributed by atoms with Gasteiger partial charge in [-0.05, 0) is 18.2 Å². The molecule has 108 valence electrons. The van der Waals surface area contributed by atoms with Crippen LogP contribution in [0.3, 0.4) is 0 Å². The topological polar surface area (TPSA) is 95.5 Å². The van der Waals surface area contributed by atoms with Crippen LogP contribution in [0.15, 0.2) is 36.4 Å².